The third kappa shape index (κ3) is 7.73. The molecular formula is C37H33ClF7N9O3S. The summed E-state index contributed by atoms with van der Waals surface area (Å²) in [5.74, 6) is -9.46. The first-order valence-electron chi connectivity index (χ1n) is 17.5. The Labute approximate surface area is 331 Å². The van der Waals surface area contributed by atoms with Crippen LogP contribution in [0.25, 0.3) is 33.3 Å². The SMILES string of the molecule is Cn1cc(-c2ccc(-c3ccc(Cl)c4c(NS(C)(=O)=O)nn(C)c34)c([C@H](Cc3cc(F)cc(F)c3)NC(=O)CNC3=C(C(=N)C(F)(F)F)[C@H]4CC[C@H]4C3(F)F)n2)cn1. The van der Waals surface area contributed by atoms with Gasteiger partial charge in [0.15, 0.2) is 5.82 Å². The summed E-state index contributed by atoms with van der Waals surface area (Å²) in [6.07, 6.45) is -1.54. The molecule has 1 fully saturated rings. The van der Waals surface area contributed by atoms with E-state index in [0.717, 1.165) is 18.4 Å². The molecule has 58 heavy (non-hydrogen) atoms. The van der Waals surface area contributed by atoms with Crippen LogP contribution in [0.5, 0.6) is 0 Å². The number of aryl methyl sites for hydroxylation is 2. The quantitative estimate of drug-likeness (QED) is 0.0791. The van der Waals surface area contributed by atoms with Crippen LogP contribution < -0.4 is 15.4 Å². The molecular weight excluding hydrogens is 819 g/mol. The summed E-state index contributed by atoms with van der Waals surface area (Å²) in [6.45, 7) is -0.974. The van der Waals surface area contributed by atoms with Gasteiger partial charge in [-0.1, -0.05) is 23.7 Å². The minimum absolute atomic E-state index is 0.0137. The largest absolute Gasteiger partial charge is 0.433 e. The first-order valence-corrected chi connectivity index (χ1v) is 19.8. The maximum atomic E-state index is 15.5. The summed E-state index contributed by atoms with van der Waals surface area (Å²) in [6, 6.07) is 7.69. The van der Waals surface area contributed by atoms with E-state index < -0.39 is 81.1 Å². The third-order valence-corrected chi connectivity index (χ3v) is 11.0. The van der Waals surface area contributed by atoms with Gasteiger partial charge in [-0.25, -0.2) is 22.2 Å². The fourth-order valence-electron chi connectivity index (χ4n) is 7.63. The molecule has 3 atom stereocenters. The van der Waals surface area contributed by atoms with Crippen molar-refractivity contribution in [2.24, 2.45) is 25.9 Å². The molecule has 3 heterocycles. The molecule has 0 saturated heterocycles. The number of carbonyl (C=O) groups excluding carboxylic acids is 1. The van der Waals surface area contributed by atoms with E-state index in [4.69, 9.17) is 22.0 Å². The topological polar surface area (TPSA) is 160 Å². The Morgan fingerprint density at radius 3 is 2.36 bits per heavy atom. The highest BCUT2D eigenvalue weighted by Crippen LogP contribution is 2.58. The van der Waals surface area contributed by atoms with E-state index in [9.17, 15) is 35.2 Å². The average molecular weight is 852 g/mol. The van der Waals surface area contributed by atoms with E-state index in [1.165, 1.54) is 28.7 Å². The zero-order valence-electron chi connectivity index (χ0n) is 30.6. The van der Waals surface area contributed by atoms with Crippen molar-refractivity contribution in [3.63, 3.8) is 0 Å². The molecule has 0 aliphatic heterocycles. The number of amides is 1. The molecule has 1 saturated carbocycles. The van der Waals surface area contributed by atoms with Gasteiger partial charge in [-0.15, -0.1) is 0 Å². The number of fused-ring (bicyclic) bond motifs is 2. The molecule has 0 bridgehead atoms. The van der Waals surface area contributed by atoms with Crippen LogP contribution in [-0.4, -0.2) is 69.5 Å². The van der Waals surface area contributed by atoms with E-state index in [-0.39, 0.29) is 46.7 Å². The number of pyridine rings is 1. The van der Waals surface area contributed by atoms with E-state index in [1.807, 2.05) is 0 Å². The molecule has 2 aliphatic carbocycles. The molecule has 2 aliphatic rings. The van der Waals surface area contributed by atoms with Gasteiger partial charge in [0, 0.05) is 54.5 Å². The molecule has 2 aromatic carbocycles. The Bertz CT molecular complexity index is 2620. The van der Waals surface area contributed by atoms with Crippen molar-refractivity contribution in [1.29, 1.82) is 5.41 Å². The number of halogens is 8. The number of anilines is 1. The minimum Gasteiger partial charge on any atom is -0.374 e. The van der Waals surface area contributed by atoms with Gasteiger partial charge in [0.1, 0.15) is 17.3 Å². The third-order valence-electron chi connectivity index (χ3n) is 10.2. The molecule has 306 valence electrons. The number of rotatable bonds is 12. The molecule has 3 aromatic heterocycles. The molecule has 5 aromatic rings. The lowest BCUT2D eigenvalue weighted by Crippen LogP contribution is -2.42. The summed E-state index contributed by atoms with van der Waals surface area (Å²) in [4.78, 5) is 18.7. The second-order valence-electron chi connectivity index (χ2n) is 14.2. The number of hydrogen-bond donors (Lipinski definition) is 4. The van der Waals surface area contributed by atoms with E-state index in [0.29, 0.717) is 34.0 Å². The second-order valence-corrected chi connectivity index (χ2v) is 16.4. The van der Waals surface area contributed by atoms with Gasteiger partial charge in [0.05, 0.1) is 58.0 Å². The monoisotopic (exact) mass is 851 g/mol. The second kappa shape index (κ2) is 14.7. The Morgan fingerprint density at radius 2 is 1.76 bits per heavy atom. The Hall–Kier alpha value is -5.50. The van der Waals surface area contributed by atoms with Crippen molar-refractivity contribution in [2.45, 2.75) is 37.4 Å². The molecule has 7 rings (SSSR count). The Kier molecular flexibility index (Phi) is 10.3. The van der Waals surface area contributed by atoms with Crippen molar-refractivity contribution < 1.29 is 43.9 Å². The summed E-state index contributed by atoms with van der Waals surface area (Å²) in [7, 11) is -0.642. The smallest absolute Gasteiger partial charge is 0.374 e. The van der Waals surface area contributed by atoms with Gasteiger partial charge in [0.25, 0.3) is 5.92 Å². The highest BCUT2D eigenvalue weighted by molar-refractivity contribution is 7.92. The summed E-state index contributed by atoms with van der Waals surface area (Å²) in [5.41, 5.74) is -2.05. The number of alkyl halides is 5. The van der Waals surface area contributed by atoms with Crippen LogP contribution in [0, 0.1) is 28.9 Å². The standard InChI is InChI=1S/C37H33ClF7N9O3S/c1-53-16-18(14-48-53)26-9-6-21(22-5-8-25(38)30-32(22)54(2)51-35(30)52-58(3,56)57)31(50-26)27(12-17-10-19(39)13-20(40)11-17)49-28(55)15-47-34-29(33(46)37(43,44)45)23-4-7-24(23)36(34,41)42/h5-6,8-11,13-14,16,23-24,27,46-47H,4,7,12,15H2,1-3H3,(H,49,55)(H,51,52)/t23-,24+,27-/m0/s1. The van der Waals surface area contributed by atoms with Crippen LogP contribution in [0.15, 0.2) is 66.1 Å². The zero-order chi connectivity index (χ0) is 42.1. The van der Waals surface area contributed by atoms with Gasteiger partial charge in [-0.2, -0.15) is 32.1 Å². The van der Waals surface area contributed by atoms with E-state index in [2.05, 4.69) is 25.6 Å². The summed E-state index contributed by atoms with van der Waals surface area (Å²) in [5, 5.41) is 21.4. The lowest BCUT2D eigenvalue weighted by atomic mass is 9.71. The van der Waals surface area contributed by atoms with Crippen LogP contribution in [-0.2, 0) is 35.3 Å². The number of benzene rings is 2. The van der Waals surface area contributed by atoms with Crippen LogP contribution >= 0.6 is 11.6 Å². The number of nitrogens with zero attached hydrogens (tertiary/aromatic N) is 5. The fraction of sp³-hybridized carbons (Fsp3) is 0.324. The Morgan fingerprint density at radius 1 is 1.07 bits per heavy atom. The molecule has 0 radical (unpaired) electrons. The zero-order valence-corrected chi connectivity index (χ0v) is 32.2. The summed E-state index contributed by atoms with van der Waals surface area (Å²) < 4.78 is 131. The molecule has 21 heteroatoms. The molecule has 12 nitrogen and oxygen atoms in total. The van der Waals surface area contributed by atoms with Crippen molar-refractivity contribution in [3.8, 4) is 22.4 Å². The predicted molar refractivity (Wildman–Crippen MR) is 201 cm³/mol. The van der Waals surface area contributed by atoms with Crippen LogP contribution in [0.3, 0.4) is 0 Å². The maximum absolute atomic E-state index is 15.5. The van der Waals surface area contributed by atoms with Crippen molar-refractivity contribution in [2.75, 3.05) is 17.5 Å². The minimum atomic E-state index is -5.22. The average Bonchev–Trinajstić information content (AvgIpc) is 3.71. The van der Waals surface area contributed by atoms with Gasteiger partial charge < -0.3 is 10.6 Å². The van der Waals surface area contributed by atoms with Crippen molar-refractivity contribution >= 4 is 50.0 Å². The van der Waals surface area contributed by atoms with Gasteiger partial charge in [-0.3, -0.25) is 24.3 Å². The van der Waals surface area contributed by atoms with E-state index >= 15 is 8.78 Å². The first kappa shape index (κ1) is 40.7. The highest BCUT2D eigenvalue weighted by atomic mass is 35.5. The number of sulfonamides is 1. The predicted octanol–water partition coefficient (Wildman–Crippen LogP) is 6.84. The number of carbonyl (C=O) groups is 1. The normalized spacial score (nSPS) is 18.2. The van der Waals surface area contributed by atoms with Crippen molar-refractivity contribution in [1.82, 2.24) is 35.2 Å². The number of hydrogen-bond acceptors (Lipinski definition) is 8. The van der Waals surface area contributed by atoms with Gasteiger partial charge >= 0.3 is 6.18 Å². The fourth-order valence-corrected chi connectivity index (χ4v) is 8.36. The first-order chi connectivity index (χ1) is 27.1. The molecule has 1 amide bonds. The number of aromatic nitrogens is 5. The molecule has 4 N–H and O–H groups in total. The van der Waals surface area contributed by atoms with Gasteiger partial charge in [0.2, 0.25) is 15.9 Å². The lowest BCUT2D eigenvalue weighted by Gasteiger charge is -2.35. The lowest BCUT2D eigenvalue weighted by molar-refractivity contribution is -0.121. The highest BCUT2D eigenvalue weighted by Gasteiger charge is 2.62. The molecule has 0 unspecified atom stereocenters. The maximum Gasteiger partial charge on any atom is 0.433 e. The number of nitrogens with one attached hydrogen (secondary N) is 4. The Balaban J connectivity index is 1.35. The van der Waals surface area contributed by atoms with Crippen LogP contribution in [0.4, 0.5) is 36.6 Å². The van der Waals surface area contributed by atoms with Gasteiger partial charge in [-0.05, 0) is 55.0 Å². The van der Waals surface area contributed by atoms with Crippen LogP contribution in [0.1, 0.15) is 30.1 Å². The molecule has 0 spiro atoms. The van der Waals surface area contributed by atoms with Crippen LogP contribution in [0.2, 0.25) is 5.02 Å². The number of allylic oxidation sites excluding steroid dienone is 2. The van der Waals surface area contributed by atoms with Crippen molar-refractivity contribution in [3.05, 3.63) is 94.0 Å². The van der Waals surface area contributed by atoms with E-state index in [1.54, 1.807) is 31.4 Å². The summed E-state index contributed by atoms with van der Waals surface area (Å²) >= 11 is 6.58.